The molecule has 31 heavy (non-hydrogen) atoms. The van der Waals surface area contributed by atoms with E-state index in [9.17, 15) is 9.18 Å². The molecule has 0 bridgehead atoms. The molecule has 0 aliphatic carbocycles. The zero-order valence-corrected chi connectivity index (χ0v) is 17.5. The number of carbonyl (C=O) groups excluding carboxylic acids is 1. The van der Waals surface area contributed by atoms with E-state index in [1.54, 1.807) is 25.3 Å². The third-order valence-electron chi connectivity index (χ3n) is 5.71. The monoisotopic (exact) mass is 423 g/mol. The van der Waals surface area contributed by atoms with Crippen molar-refractivity contribution in [2.45, 2.75) is 31.8 Å². The van der Waals surface area contributed by atoms with Crippen LogP contribution in [-0.2, 0) is 13.1 Å². The topological polar surface area (TPSA) is 67.6 Å². The molecule has 0 atom stereocenters. The van der Waals surface area contributed by atoms with Crippen LogP contribution in [-0.4, -0.2) is 36.2 Å². The van der Waals surface area contributed by atoms with Gasteiger partial charge >= 0.3 is 0 Å². The fourth-order valence-electron chi connectivity index (χ4n) is 3.92. The Balaban J connectivity index is 1.28. The van der Waals surface area contributed by atoms with E-state index in [1.165, 1.54) is 17.7 Å². The molecule has 1 aromatic heterocycles. The smallest absolute Gasteiger partial charge is 0.290 e. The van der Waals surface area contributed by atoms with Crippen LogP contribution in [0.3, 0.4) is 0 Å². The fourth-order valence-corrected chi connectivity index (χ4v) is 3.92. The Morgan fingerprint density at radius 3 is 2.68 bits per heavy atom. The van der Waals surface area contributed by atoms with Crippen molar-refractivity contribution in [1.82, 2.24) is 15.4 Å². The second-order valence-electron chi connectivity index (χ2n) is 7.79. The fraction of sp³-hybridized carbons (Fsp3) is 0.333. The summed E-state index contributed by atoms with van der Waals surface area (Å²) in [5.41, 5.74) is 2.82. The van der Waals surface area contributed by atoms with Crippen molar-refractivity contribution in [2.24, 2.45) is 0 Å². The van der Waals surface area contributed by atoms with Gasteiger partial charge < -0.3 is 14.6 Å². The average molecular weight is 423 g/mol. The van der Waals surface area contributed by atoms with E-state index in [-0.39, 0.29) is 23.4 Å². The molecule has 1 N–H and O–H groups in total. The van der Waals surface area contributed by atoms with Crippen molar-refractivity contribution < 1.29 is 18.4 Å². The number of hydrogen-bond acceptors (Lipinski definition) is 5. The Morgan fingerprint density at radius 1 is 1.19 bits per heavy atom. The number of nitrogens with one attached hydrogen (secondary N) is 1. The zero-order chi connectivity index (χ0) is 21.6. The van der Waals surface area contributed by atoms with Crippen LogP contribution in [0, 0.1) is 5.82 Å². The Morgan fingerprint density at radius 2 is 1.94 bits per heavy atom. The highest BCUT2D eigenvalue weighted by atomic mass is 19.1. The molecule has 4 rings (SSSR count). The summed E-state index contributed by atoms with van der Waals surface area (Å²) >= 11 is 0. The SMILES string of the molecule is COc1ccccc1CN1CCC(c2cc(C(=O)NCc3ccc(F)cc3)on2)CC1. The van der Waals surface area contributed by atoms with Gasteiger partial charge in [0.25, 0.3) is 5.91 Å². The number of carbonyl (C=O) groups is 1. The van der Waals surface area contributed by atoms with E-state index in [1.807, 2.05) is 18.2 Å². The summed E-state index contributed by atoms with van der Waals surface area (Å²) in [4.78, 5) is 14.8. The van der Waals surface area contributed by atoms with Crippen LogP contribution in [0.1, 0.15) is 46.1 Å². The zero-order valence-electron chi connectivity index (χ0n) is 17.5. The van der Waals surface area contributed by atoms with Crippen molar-refractivity contribution in [3.63, 3.8) is 0 Å². The quantitative estimate of drug-likeness (QED) is 0.619. The van der Waals surface area contributed by atoms with Gasteiger partial charge in [0.05, 0.1) is 12.8 Å². The molecule has 162 valence electrons. The van der Waals surface area contributed by atoms with Gasteiger partial charge in [0.15, 0.2) is 0 Å². The maximum atomic E-state index is 13.0. The number of ether oxygens (including phenoxy) is 1. The minimum atomic E-state index is -0.323. The minimum absolute atomic E-state index is 0.202. The summed E-state index contributed by atoms with van der Waals surface area (Å²) < 4.78 is 23.7. The van der Waals surface area contributed by atoms with Crippen LogP contribution >= 0.6 is 0 Å². The lowest BCUT2D eigenvalue weighted by molar-refractivity contribution is 0.0913. The molecule has 6 nitrogen and oxygen atoms in total. The van der Waals surface area contributed by atoms with Gasteiger partial charge in [-0.05, 0) is 49.7 Å². The number of amides is 1. The summed E-state index contributed by atoms with van der Waals surface area (Å²) in [5, 5.41) is 6.92. The molecule has 0 unspecified atom stereocenters. The number of likely N-dealkylation sites (tertiary alicyclic amines) is 1. The van der Waals surface area contributed by atoms with Crippen LogP contribution in [0.4, 0.5) is 4.39 Å². The van der Waals surface area contributed by atoms with Crippen LogP contribution in [0.5, 0.6) is 5.75 Å². The number of para-hydroxylation sites is 1. The first-order valence-corrected chi connectivity index (χ1v) is 10.5. The van der Waals surface area contributed by atoms with Crippen molar-refractivity contribution in [3.05, 3.63) is 83.0 Å². The lowest BCUT2D eigenvalue weighted by atomic mass is 9.93. The van der Waals surface area contributed by atoms with Gasteiger partial charge in [-0.1, -0.05) is 35.5 Å². The predicted molar refractivity (Wildman–Crippen MR) is 114 cm³/mol. The number of halogens is 1. The molecule has 1 aliphatic heterocycles. The summed E-state index contributed by atoms with van der Waals surface area (Å²) in [7, 11) is 1.70. The first kappa shape index (κ1) is 21.1. The second kappa shape index (κ2) is 9.75. The summed E-state index contributed by atoms with van der Waals surface area (Å²) in [6, 6.07) is 15.8. The molecular weight excluding hydrogens is 397 g/mol. The van der Waals surface area contributed by atoms with Gasteiger partial charge in [-0.3, -0.25) is 9.69 Å². The van der Waals surface area contributed by atoms with E-state index in [4.69, 9.17) is 9.26 Å². The lowest BCUT2D eigenvalue weighted by Gasteiger charge is -2.31. The molecule has 3 aromatic rings. The van der Waals surface area contributed by atoms with Crippen molar-refractivity contribution in [2.75, 3.05) is 20.2 Å². The van der Waals surface area contributed by atoms with E-state index < -0.39 is 0 Å². The van der Waals surface area contributed by atoms with E-state index >= 15 is 0 Å². The molecule has 0 radical (unpaired) electrons. The highest BCUT2D eigenvalue weighted by molar-refractivity contribution is 5.91. The Bertz CT molecular complexity index is 1010. The van der Waals surface area contributed by atoms with Crippen LogP contribution in [0.2, 0.25) is 0 Å². The summed E-state index contributed by atoms with van der Waals surface area (Å²) in [5.74, 6) is 0.767. The van der Waals surface area contributed by atoms with Gasteiger partial charge in [-0.25, -0.2) is 4.39 Å². The second-order valence-corrected chi connectivity index (χ2v) is 7.79. The molecule has 7 heteroatoms. The lowest BCUT2D eigenvalue weighted by Crippen LogP contribution is -2.32. The first-order valence-electron chi connectivity index (χ1n) is 10.5. The van der Waals surface area contributed by atoms with Gasteiger partial charge in [-0.15, -0.1) is 0 Å². The Hall–Kier alpha value is -3.19. The number of piperidine rings is 1. The first-order chi connectivity index (χ1) is 15.1. The Labute approximate surface area is 181 Å². The third kappa shape index (κ3) is 5.30. The van der Waals surface area contributed by atoms with E-state index in [0.717, 1.165) is 49.5 Å². The van der Waals surface area contributed by atoms with Crippen molar-refractivity contribution in [1.29, 1.82) is 0 Å². The highest BCUT2D eigenvalue weighted by Crippen LogP contribution is 2.29. The van der Waals surface area contributed by atoms with Crippen LogP contribution in [0.25, 0.3) is 0 Å². The molecular formula is C24H26FN3O3. The predicted octanol–water partition coefficient (Wildman–Crippen LogP) is 4.13. The number of benzene rings is 2. The van der Waals surface area contributed by atoms with Gasteiger partial charge in [0, 0.05) is 30.6 Å². The number of methoxy groups -OCH3 is 1. The number of rotatable bonds is 7. The normalized spacial score (nSPS) is 15.0. The third-order valence-corrected chi connectivity index (χ3v) is 5.71. The maximum absolute atomic E-state index is 13.0. The molecule has 0 saturated carbocycles. The number of aromatic nitrogens is 1. The molecule has 1 aliphatic rings. The van der Waals surface area contributed by atoms with Crippen molar-refractivity contribution >= 4 is 5.91 Å². The maximum Gasteiger partial charge on any atom is 0.290 e. The average Bonchev–Trinajstić information content (AvgIpc) is 3.30. The molecule has 0 spiro atoms. The highest BCUT2D eigenvalue weighted by Gasteiger charge is 2.25. The summed E-state index contributed by atoms with van der Waals surface area (Å²) in [6.07, 6.45) is 1.91. The molecule has 1 amide bonds. The van der Waals surface area contributed by atoms with Crippen molar-refractivity contribution in [3.8, 4) is 5.75 Å². The molecule has 1 fully saturated rings. The van der Waals surface area contributed by atoms with Crippen LogP contribution in [0.15, 0.2) is 59.1 Å². The molecule has 2 aromatic carbocycles. The largest absolute Gasteiger partial charge is 0.496 e. The molecule has 2 heterocycles. The molecule has 1 saturated heterocycles. The number of hydrogen-bond donors (Lipinski definition) is 1. The summed E-state index contributed by atoms with van der Waals surface area (Å²) in [6.45, 7) is 3.05. The van der Waals surface area contributed by atoms with E-state index in [2.05, 4.69) is 21.4 Å². The van der Waals surface area contributed by atoms with Gasteiger partial charge in [-0.2, -0.15) is 0 Å². The van der Waals surface area contributed by atoms with Gasteiger partial charge in [0.1, 0.15) is 11.6 Å². The van der Waals surface area contributed by atoms with Gasteiger partial charge in [0.2, 0.25) is 5.76 Å². The van der Waals surface area contributed by atoms with Crippen LogP contribution < -0.4 is 10.1 Å². The number of nitrogens with zero attached hydrogens (tertiary/aromatic N) is 2. The standard InChI is InChI=1S/C24H26FN3O3/c1-30-22-5-3-2-4-19(22)16-28-12-10-18(11-13-28)21-14-23(31-27-21)24(29)26-15-17-6-8-20(25)9-7-17/h2-9,14,18H,10-13,15-16H2,1H3,(H,26,29). The Kier molecular flexibility index (Phi) is 6.62. The van der Waals surface area contributed by atoms with E-state index in [0.29, 0.717) is 6.54 Å². The minimum Gasteiger partial charge on any atom is -0.496 e.